The van der Waals surface area contributed by atoms with Crippen LogP contribution in [0.3, 0.4) is 0 Å². The number of halogens is 1. The number of hydrogen-bond donors (Lipinski definition) is 1. The average Bonchev–Trinajstić information content (AvgIpc) is 3.03. The minimum atomic E-state index is -0.355. The summed E-state index contributed by atoms with van der Waals surface area (Å²) in [5.41, 5.74) is 0.378. The van der Waals surface area contributed by atoms with Crippen molar-refractivity contribution in [2.75, 3.05) is 5.32 Å². The van der Waals surface area contributed by atoms with Crippen LogP contribution >= 0.6 is 11.3 Å². The van der Waals surface area contributed by atoms with Crippen LogP contribution in [0.5, 0.6) is 0 Å². The molecule has 0 spiro atoms. The van der Waals surface area contributed by atoms with Crippen LogP contribution in [0, 0.1) is 5.82 Å². The first kappa shape index (κ1) is 15.8. The van der Waals surface area contributed by atoms with Gasteiger partial charge in [0.1, 0.15) is 10.8 Å². The fraction of sp³-hybridized carbons (Fsp3) is 0.353. The second kappa shape index (κ2) is 7.46. The van der Waals surface area contributed by atoms with Gasteiger partial charge in [0.2, 0.25) is 11.0 Å². The molecule has 1 aromatic heterocycles. The summed E-state index contributed by atoms with van der Waals surface area (Å²) in [5, 5.41) is 12.4. The summed E-state index contributed by atoms with van der Waals surface area (Å²) < 4.78 is 13.5. The van der Waals surface area contributed by atoms with E-state index in [0.717, 1.165) is 17.8 Å². The summed E-state index contributed by atoms with van der Waals surface area (Å²) in [7, 11) is 0. The molecular weight excluding hydrogens is 313 g/mol. The lowest BCUT2D eigenvalue weighted by Gasteiger charge is -2.18. The van der Waals surface area contributed by atoms with Crippen LogP contribution in [0.1, 0.15) is 48.6 Å². The minimum Gasteiger partial charge on any atom is -0.297 e. The van der Waals surface area contributed by atoms with Crippen LogP contribution in [0.4, 0.5) is 9.52 Å². The Bertz CT molecular complexity index is 707. The summed E-state index contributed by atoms with van der Waals surface area (Å²) in [4.78, 5) is 11.9. The molecule has 3 rings (SSSR count). The predicted octanol–water partition coefficient (Wildman–Crippen LogP) is 4.38. The third kappa shape index (κ3) is 4.22. The summed E-state index contributed by atoms with van der Waals surface area (Å²) in [6, 6.07) is 6.31. The maximum absolute atomic E-state index is 13.5. The standard InChI is InChI=1S/C17H18FN3OS/c18-14-9-5-4-6-12(14)10-11-15(22)19-17-21-20-16(23-17)13-7-2-1-3-8-13/h4-6,9-11,13H,1-3,7-8H2,(H,19,21,22). The molecule has 23 heavy (non-hydrogen) atoms. The molecule has 0 unspecified atom stereocenters. The van der Waals surface area contributed by atoms with Crippen molar-refractivity contribution >= 4 is 28.5 Å². The van der Waals surface area contributed by atoms with Crippen LogP contribution in [0.2, 0.25) is 0 Å². The Kier molecular flexibility index (Phi) is 5.12. The fourth-order valence-electron chi connectivity index (χ4n) is 2.72. The van der Waals surface area contributed by atoms with Gasteiger partial charge in [-0.3, -0.25) is 10.1 Å². The summed E-state index contributed by atoms with van der Waals surface area (Å²) in [6.45, 7) is 0. The van der Waals surface area contributed by atoms with Gasteiger partial charge < -0.3 is 0 Å². The first-order valence-corrected chi connectivity index (χ1v) is 8.61. The molecule has 0 atom stereocenters. The Morgan fingerprint density at radius 3 is 2.78 bits per heavy atom. The Morgan fingerprint density at radius 2 is 2.00 bits per heavy atom. The molecular formula is C17H18FN3OS. The SMILES string of the molecule is O=C(C=Cc1ccccc1F)Nc1nnc(C2CCCCC2)s1. The highest BCUT2D eigenvalue weighted by atomic mass is 32.1. The highest BCUT2D eigenvalue weighted by Crippen LogP contribution is 2.35. The van der Waals surface area contributed by atoms with Crippen LogP contribution < -0.4 is 5.32 Å². The van der Waals surface area contributed by atoms with E-state index in [1.807, 2.05) is 0 Å². The molecule has 1 aromatic carbocycles. The summed E-state index contributed by atoms with van der Waals surface area (Å²) >= 11 is 1.43. The lowest BCUT2D eigenvalue weighted by Crippen LogP contribution is -2.07. The molecule has 0 saturated heterocycles. The molecule has 0 aliphatic heterocycles. The first-order valence-electron chi connectivity index (χ1n) is 7.79. The van der Waals surface area contributed by atoms with E-state index in [0.29, 0.717) is 16.6 Å². The van der Waals surface area contributed by atoms with E-state index in [9.17, 15) is 9.18 Å². The number of nitrogens with zero attached hydrogens (tertiary/aromatic N) is 2. The molecule has 2 aromatic rings. The molecule has 0 radical (unpaired) electrons. The van der Waals surface area contributed by atoms with E-state index in [2.05, 4.69) is 15.5 Å². The predicted molar refractivity (Wildman–Crippen MR) is 89.8 cm³/mol. The Balaban J connectivity index is 1.60. The van der Waals surface area contributed by atoms with Gasteiger partial charge >= 0.3 is 0 Å². The van der Waals surface area contributed by atoms with Crippen molar-refractivity contribution in [3.8, 4) is 0 Å². The molecule has 1 amide bonds. The van der Waals surface area contributed by atoms with Gasteiger partial charge in [0.05, 0.1) is 0 Å². The molecule has 4 nitrogen and oxygen atoms in total. The number of anilines is 1. The maximum Gasteiger partial charge on any atom is 0.250 e. The van der Waals surface area contributed by atoms with E-state index in [4.69, 9.17) is 0 Å². The van der Waals surface area contributed by atoms with Gasteiger partial charge in [-0.15, -0.1) is 10.2 Å². The van der Waals surface area contributed by atoms with Crippen molar-refractivity contribution in [1.82, 2.24) is 10.2 Å². The van der Waals surface area contributed by atoms with Crippen LogP contribution in [-0.2, 0) is 4.79 Å². The number of carbonyl (C=O) groups excluding carboxylic acids is 1. The van der Waals surface area contributed by atoms with Crippen LogP contribution in [-0.4, -0.2) is 16.1 Å². The third-order valence-corrected chi connectivity index (χ3v) is 4.95. The Labute approximate surface area is 138 Å². The molecule has 1 aliphatic rings. The molecule has 0 bridgehead atoms. The second-order valence-electron chi connectivity index (χ2n) is 5.62. The number of rotatable bonds is 4. The van der Waals surface area contributed by atoms with Crippen molar-refractivity contribution in [2.24, 2.45) is 0 Å². The van der Waals surface area contributed by atoms with Crippen LogP contribution in [0.15, 0.2) is 30.3 Å². The van der Waals surface area contributed by atoms with Crippen molar-refractivity contribution in [3.63, 3.8) is 0 Å². The number of hydrogen-bond acceptors (Lipinski definition) is 4. The minimum absolute atomic E-state index is 0.334. The maximum atomic E-state index is 13.5. The van der Waals surface area contributed by atoms with E-state index >= 15 is 0 Å². The normalized spacial score (nSPS) is 15.9. The van der Waals surface area contributed by atoms with Crippen LogP contribution in [0.25, 0.3) is 6.08 Å². The van der Waals surface area contributed by atoms with E-state index in [1.54, 1.807) is 18.2 Å². The number of carbonyl (C=O) groups is 1. The Morgan fingerprint density at radius 1 is 1.22 bits per heavy atom. The number of nitrogens with one attached hydrogen (secondary N) is 1. The monoisotopic (exact) mass is 331 g/mol. The largest absolute Gasteiger partial charge is 0.297 e. The molecule has 6 heteroatoms. The van der Waals surface area contributed by atoms with Crippen molar-refractivity contribution in [1.29, 1.82) is 0 Å². The van der Waals surface area contributed by atoms with Crippen molar-refractivity contribution < 1.29 is 9.18 Å². The van der Waals surface area contributed by atoms with Gasteiger partial charge in [-0.2, -0.15) is 0 Å². The fourth-order valence-corrected chi connectivity index (χ4v) is 3.64. The number of benzene rings is 1. The highest BCUT2D eigenvalue weighted by Gasteiger charge is 2.19. The van der Waals surface area contributed by atoms with Crippen molar-refractivity contribution in [3.05, 3.63) is 46.7 Å². The highest BCUT2D eigenvalue weighted by molar-refractivity contribution is 7.15. The Hall–Kier alpha value is -2.08. The van der Waals surface area contributed by atoms with Gasteiger partial charge in [0.25, 0.3) is 0 Å². The quantitative estimate of drug-likeness (QED) is 0.846. The molecule has 120 valence electrons. The van der Waals surface area contributed by atoms with Gasteiger partial charge in [0, 0.05) is 17.6 Å². The molecule has 1 saturated carbocycles. The lowest BCUT2D eigenvalue weighted by atomic mass is 9.90. The summed E-state index contributed by atoms with van der Waals surface area (Å²) in [6.07, 6.45) is 8.81. The van der Waals surface area contributed by atoms with Gasteiger partial charge in [0.15, 0.2) is 0 Å². The smallest absolute Gasteiger partial charge is 0.250 e. The average molecular weight is 331 g/mol. The second-order valence-corrected chi connectivity index (χ2v) is 6.63. The molecule has 1 N–H and O–H groups in total. The van der Waals surface area contributed by atoms with E-state index in [1.165, 1.54) is 48.8 Å². The van der Waals surface area contributed by atoms with E-state index in [-0.39, 0.29) is 11.7 Å². The molecule has 1 heterocycles. The zero-order valence-electron chi connectivity index (χ0n) is 12.7. The van der Waals surface area contributed by atoms with Crippen molar-refractivity contribution in [2.45, 2.75) is 38.0 Å². The van der Waals surface area contributed by atoms with E-state index < -0.39 is 0 Å². The summed E-state index contributed by atoms with van der Waals surface area (Å²) in [5.74, 6) is -0.215. The number of amides is 1. The van der Waals surface area contributed by atoms with Gasteiger partial charge in [-0.05, 0) is 25.0 Å². The topological polar surface area (TPSA) is 54.9 Å². The third-order valence-electron chi connectivity index (χ3n) is 3.94. The number of aromatic nitrogens is 2. The first-order chi connectivity index (χ1) is 11.2. The zero-order valence-corrected chi connectivity index (χ0v) is 13.5. The molecule has 1 fully saturated rings. The van der Waals surface area contributed by atoms with Gasteiger partial charge in [-0.25, -0.2) is 4.39 Å². The zero-order chi connectivity index (χ0) is 16.1. The molecule has 1 aliphatic carbocycles. The van der Waals surface area contributed by atoms with Gasteiger partial charge in [-0.1, -0.05) is 48.8 Å². The lowest BCUT2D eigenvalue weighted by molar-refractivity contribution is -0.111.